The Labute approximate surface area is 198 Å². The van der Waals surface area contributed by atoms with Crippen LogP contribution in [0.15, 0.2) is 56.7 Å². The molecular weight excluding hydrogens is 460 g/mol. The maximum Gasteiger partial charge on any atom is 0.231 e. The first-order valence-corrected chi connectivity index (χ1v) is 12.2. The van der Waals surface area contributed by atoms with Crippen LogP contribution >= 0.6 is 23.1 Å². The van der Waals surface area contributed by atoms with Crippen molar-refractivity contribution in [3.63, 3.8) is 0 Å². The highest BCUT2D eigenvalue weighted by molar-refractivity contribution is 8.00. The number of fused-ring (bicyclic) bond motifs is 1. The highest BCUT2D eigenvalue weighted by Crippen LogP contribution is 2.34. The van der Waals surface area contributed by atoms with Gasteiger partial charge >= 0.3 is 0 Å². The number of benzene rings is 2. The highest BCUT2D eigenvalue weighted by atomic mass is 32.2. The molecule has 0 saturated heterocycles. The summed E-state index contributed by atoms with van der Waals surface area (Å²) in [6.07, 6.45) is 0.596. The minimum Gasteiger partial charge on any atom is -0.454 e. The smallest absolute Gasteiger partial charge is 0.231 e. The lowest BCUT2D eigenvalue weighted by Gasteiger charge is -2.05. The minimum absolute atomic E-state index is 0.144. The Bertz CT molecular complexity index is 1270. The molecule has 2 aromatic heterocycles. The van der Waals surface area contributed by atoms with Crippen molar-refractivity contribution in [1.29, 1.82) is 0 Å². The molecule has 0 bridgehead atoms. The first-order valence-electron chi connectivity index (χ1n) is 10.3. The Balaban J connectivity index is 1.10. The second-order valence-corrected chi connectivity index (χ2v) is 9.45. The van der Waals surface area contributed by atoms with Crippen LogP contribution in [0.4, 0.5) is 5.69 Å². The van der Waals surface area contributed by atoms with Crippen LogP contribution in [0.1, 0.15) is 23.7 Å². The van der Waals surface area contributed by atoms with E-state index in [1.165, 1.54) is 5.56 Å². The lowest BCUT2D eigenvalue weighted by molar-refractivity contribution is -0.116. The molecule has 5 rings (SSSR count). The fourth-order valence-electron chi connectivity index (χ4n) is 3.18. The average Bonchev–Trinajstić information content (AvgIpc) is 3.57. The summed E-state index contributed by atoms with van der Waals surface area (Å²) in [6.45, 7) is 2.26. The van der Waals surface area contributed by atoms with E-state index < -0.39 is 0 Å². The van der Waals surface area contributed by atoms with Gasteiger partial charge in [0.05, 0.1) is 11.4 Å². The molecular formula is C23H20N4O4S2. The van der Waals surface area contributed by atoms with Gasteiger partial charge < -0.3 is 19.3 Å². The summed E-state index contributed by atoms with van der Waals surface area (Å²) in [6, 6.07) is 13.6. The van der Waals surface area contributed by atoms with Crippen molar-refractivity contribution in [2.75, 3.05) is 12.1 Å². The number of ether oxygens (including phenoxy) is 2. The minimum atomic E-state index is -0.144. The van der Waals surface area contributed by atoms with Gasteiger partial charge in [-0.15, -0.1) is 11.3 Å². The molecule has 0 fully saturated rings. The van der Waals surface area contributed by atoms with Gasteiger partial charge in [0.1, 0.15) is 0 Å². The van der Waals surface area contributed by atoms with E-state index in [9.17, 15) is 4.79 Å². The predicted molar refractivity (Wildman–Crippen MR) is 126 cm³/mol. The molecule has 1 amide bonds. The van der Waals surface area contributed by atoms with Crippen LogP contribution in [0.2, 0.25) is 0 Å². The van der Waals surface area contributed by atoms with Crippen LogP contribution in [0, 0.1) is 6.92 Å². The molecule has 1 aliphatic heterocycles. The molecule has 0 radical (unpaired) electrons. The summed E-state index contributed by atoms with van der Waals surface area (Å²) >= 11 is 3.16. The fourth-order valence-corrected chi connectivity index (χ4v) is 4.85. The highest BCUT2D eigenvalue weighted by Gasteiger charge is 2.15. The van der Waals surface area contributed by atoms with Crippen molar-refractivity contribution >= 4 is 34.7 Å². The van der Waals surface area contributed by atoms with E-state index in [-0.39, 0.29) is 19.1 Å². The molecule has 3 heterocycles. The molecule has 2 aromatic carbocycles. The van der Waals surface area contributed by atoms with E-state index in [0.29, 0.717) is 41.1 Å². The third-order valence-corrected chi connectivity index (χ3v) is 6.90. The molecule has 33 heavy (non-hydrogen) atoms. The van der Waals surface area contributed by atoms with Gasteiger partial charge in [-0.05, 0) is 19.1 Å². The van der Waals surface area contributed by atoms with Crippen molar-refractivity contribution in [3.8, 4) is 22.8 Å². The number of carbonyl (C=O) groups excluding carboxylic acids is 1. The number of thioether (sulfide) groups is 1. The van der Waals surface area contributed by atoms with Gasteiger partial charge in [-0.1, -0.05) is 46.7 Å². The average molecular weight is 481 g/mol. The van der Waals surface area contributed by atoms with Crippen molar-refractivity contribution in [2.24, 2.45) is 0 Å². The van der Waals surface area contributed by atoms with Crippen LogP contribution in [-0.2, 0) is 17.0 Å². The van der Waals surface area contributed by atoms with Gasteiger partial charge in [-0.25, -0.2) is 4.98 Å². The number of nitrogens with zero attached hydrogens (tertiary/aromatic N) is 3. The fraction of sp³-hybridized carbons (Fsp3) is 0.217. The maximum absolute atomic E-state index is 12.3. The zero-order chi connectivity index (χ0) is 22.6. The monoisotopic (exact) mass is 480 g/mol. The van der Waals surface area contributed by atoms with E-state index in [0.717, 1.165) is 15.6 Å². The predicted octanol–water partition coefficient (Wildman–Crippen LogP) is 5.09. The number of aromatic nitrogens is 3. The topological polar surface area (TPSA) is 99.4 Å². The van der Waals surface area contributed by atoms with Gasteiger partial charge in [-0.2, -0.15) is 4.98 Å². The second-order valence-electron chi connectivity index (χ2n) is 7.37. The zero-order valence-electron chi connectivity index (χ0n) is 17.7. The molecule has 4 aromatic rings. The molecule has 0 unspecified atom stereocenters. The van der Waals surface area contributed by atoms with Gasteiger partial charge in [0.2, 0.25) is 18.6 Å². The molecule has 0 atom stereocenters. The maximum atomic E-state index is 12.3. The molecule has 10 heteroatoms. The summed E-state index contributed by atoms with van der Waals surface area (Å²) in [5.74, 6) is 2.72. The lowest BCUT2D eigenvalue weighted by atomic mass is 10.1. The summed E-state index contributed by atoms with van der Waals surface area (Å²) < 4.78 is 16.8. The standard InChI is InChI=1S/C23H20N4O4S2/c1-14-2-4-15(5-3-14)17-11-32-23(25-17)33-12-20-26-22(31-27-20)9-8-21(28)24-16-6-7-18-19(10-16)30-13-29-18/h2-7,10-11H,8-9,12-13H2,1H3,(H,24,28). The number of nitrogens with one attached hydrogen (secondary N) is 1. The van der Waals surface area contributed by atoms with Crippen molar-refractivity contribution in [3.05, 3.63) is 65.1 Å². The summed E-state index contributed by atoms with van der Waals surface area (Å²) in [5.41, 5.74) is 3.94. The normalized spacial score (nSPS) is 12.2. The molecule has 0 saturated carbocycles. The molecule has 0 aliphatic carbocycles. The van der Waals surface area contributed by atoms with Crippen molar-refractivity contribution < 1.29 is 18.8 Å². The Kier molecular flexibility index (Phi) is 6.27. The number of hydrogen-bond donors (Lipinski definition) is 1. The first kappa shape index (κ1) is 21.5. The molecule has 1 aliphatic rings. The molecule has 8 nitrogen and oxygen atoms in total. The quantitative estimate of drug-likeness (QED) is 0.348. The Morgan fingerprint density at radius 2 is 1.97 bits per heavy atom. The van der Waals surface area contributed by atoms with Crippen LogP contribution in [0.25, 0.3) is 11.3 Å². The summed E-state index contributed by atoms with van der Waals surface area (Å²) in [4.78, 5) is 21.3. The second kappa shape index (κ2) is 9.63. The van der Waals surface area contributed by atoms with Crippen LogP contribution in [0.5, 0.6) is 11.5 Å². The van der Waals surface area contributed by atoms with Crippen LogP contribution in [0.3, 0.4) is 0 Å². The van der Waals surface area contributed by atoms with E-state index in [4.69, 9.17) is 14.0 Å². The Morgan fingerprint density at radius 1 is 1.12 bits per heavy atom. The molecule has 168 valence electrons. The SMILES string of the molecule is Cc1ccc(-c2csc(SCc3noc(CCC(=O)Nc4ccc5c(c4)OCO5)n3)n2)cc1. The number of rotatable bonds is 8. The number of thiazole rings is 1. The summed E-state index contributed by atoms with van der Waals surface area (Å²) in [7, 11) is 0. The molecule has 1 N–H and O–H groups in total. The number of carbonyl (C=O) groups is 1. The van der Waals surface area contributed by atoms with Crippen molar-refractivity contribution in [2.45, 2.75) is 29.9 Å². The van der Waals surface area contributed by atoms with E-state index >= 15 is 0 Å². The first-order chi connectivity index (χ1) is 16.1. The van der Waals surface area contributed by atoms with Crippen LogP contribution in [-0.4, -0.2) is 27.8 Å². The third-order valence-electron chi connectivity index (χ3n) is 4.89. The van der Waals surface area contributed by atoms with Gasteiger partial charge in [0.15, 0.2) is 21.7 Å². The third kappa shape index (κ3) is 5.35. The van der Waals surface area contributed by atoms with E-state index in [1.807, 2.05) is 5.38 Å². The van der Waals surface area contributed by atoms with E-state index in [1.54, 1.807) is 41.3 Å². The number of hydrogen-bond acceptors (Lipinski definition) is 9. The van der Waals surface area contributed by atoms with Gasteiger partial charge in [0.25, 0.3) is 0 Å². The van der Waals surface area contributed by atoms with Gasteiger partial charge in [0, 0.05) is 35.5 Å². The number of anilines is 1. The summed E-state index contributed by atoms with van der Waals surface area (Å²) in [5, 5.41) is 8.90. The van der Waals surface area contributed by atoms with E-state index in [2.05, 4.69) is 51.6 Å². The molecule has 0 spiro atoms. The Hall–Kier alpha value is -3.37. The lowest BCUT2D eigenvalue weighted by Crippen LogP contribution is -2.12. The number of aryl methyl sites for hydroxylation is 2. The zero-order valence-corrected chi connectivity index (χ0v) is 19.4. The van der Waals surface area contributed by atoms with Crippen molar-refractivity contribution in [1.82, 2.24) is 15.1 Å². The van der Waals surface area contributed by atoms with Crippen LogP contribution < -0.4 is 14.8 Å². The largest absolute Gasteiger partial charge is 0.454 e. The number of amides is 1. The Morgan fingerprint density at radius 3 is 2.85 bits per heavy atom. The van der Waals surface area contributed by atoms with Gasteiger partial charge in [-0.3, -0.25) is 4.79 Å².